The molecule has 1 amide bonds. The first kappa shape index (κ1) is 17.3. The van der Waals surface area contributed by atoms with Crippen molar-refractivity contribution in [3.8, 4) is 5.88 Å². The smallest absolute Gasteiger partial charge is 0.261 e. The zero-order valence-corrected chi connectivity index (χ0v) is 15.5. The number of carbonyl (C=O) groups excluding carboxylic acids is 1. The van der Waals surface area contributed by atoms with E-state index in [-0.39, 0.29) is 17.7 Å². The van der Waals surface area contributed by atoms with Crippen LogP contribution >= 0.6 is 0 Å². The Kier molecular flexibility index (Phi) is 4.39. The molecular weight excluding hydrogens is 346 g/mol. The van der Waals surface area contributed by atoms with Gasteiger partial charge in [0.2, 0.25) is 11.8 Å². The summed E-state index contributed by atoms with van der Waals surface area (Å²) in [5.41, 5.74) is 1.60. The van der Waals surface area contributed by atoms with E-state index in [9.17, 15) is 4.79 Å². The second kappa shape index (κ2) is 6.86. The van der Waals surface area contributed by atoms with E-state index in [0.29, 0.717) is 36.2 Å². The van der Waals surface area contributed by atoms with Crippen molar-refractivity contribution in [3.05, 3.63) is 59.4 Å². The fourth-order valence-electron chi connectivity index (χ4n) is 3.66. The van der Waals surface area contributed by atoms with Gasteiger partial charge in [0.1, 0.15) is 5.56 Å². The quantitative estimate of drug-likeness (QED) is 0.702. The van der Waals surface area contributed by atoms with Gasteiger partial charge < -0.3 is 14.2 Å². The third-order valence-corrected chi connectivity index (χ3v) is 4.91. The van der Waals surface area contributed by atoms with E-state index in [1.54, 1.807) is 29.7 Å². The van der Waals surface area contributed by atoms with Crippen molar-refractivity contribution in [2.75, 3.05) is 20.2 Å². The molecule has 0 aliphatic carbocycles. The van der Waals surface area contributed by atoms with E-state index in [0.717, 1.165) is 5.56 Å². The number of ether oxygens (including phenoxy) is 1. The summed E-state index contributed by atoms with van der Waals surface area (Å²) in [5.74, 6) is 1.40. The first-order valence-electron chi connectivity index (χ1n) is 8.79. The van der Waals surface area contributed by atoms with Gasteiger partial charge in [0.15, 0.2) is 5.82 Å². The Morgan fingerprint density at radius 3 is 2.63 bits per heavy atom. The van der Waals surface area contributed by atoms with E-state index in [4.69, 9.17) is 9.26 Å². The predicted molar refractivity (Wildman–Crippen MR) is 96.6 cm³/mol. The van der Waals surface area contributed by atoms with E-state index in [1.165, 1.54) is 7.11 Å². The fraction of sp³-hybridized carbons (Fsp3) is 0.368. The molecule has 0 unspecified atom stereocenters. The summed E-state index contributed by atoms with van der Waals surface area (Å²) < 4.78 is 12.3. The normalized spacial score (nSPS) is 19.4. The van der Waals surface area contributed by atoms with E-state index < -0.39 is 0 Å². The molecule has 0 radical (unpaired) electrons. The molecule has 1 fully saturated rings. The van der Waals surface area contributed by atoms with Gasteiger partial charge in [0, 0.05) is 32.3 Å². The molecule has 1 aliphatic heterocycles. The third-order valence-electron chi connectivity index (χ3n) is 4.91. The Balaban J connectivity index is 1.67. The zero-order chi connectivity index (χ0) is 19.0. The Labute approximate surface area is 156 Å². The van der Waals surface area contributed by atoms with E-state index in [2.05, 4.69) is 27.4 Å². The number of aryl methyl sites for hydroxylation is 2. The summed E-state index contributed by atoms with van der Waals surface area (Å²) in [6.45, 7) is 2.86. The van der Waals surface area contributed by atoms with Gasteiger partial charge in [0.05, 0.1) is 13.0 Å². The molecule has 1 aromatic carbocycles. The lowest BCUT2D eigenvalue weighted by Gasteiger charge is -2.16. The average molecular weight is 367 g/mol. The lowest BCUT2D eigenvalue weighted by molar-refractivity contribution is 0.0784. The Hall–Kier alpha value is -3.16. The van der Waals surface area contributed by atoms with Gasteiger partial charge in [-0.15, -0.1) is 5.10 Å². The zero-order valence-electron chi connectivity index (χ0n) is 15.5. The molecule has 3 aromatic rings. The molecule has 1 saturated heterocycles. The molecule has 8 heteroatoms. The highest BCUT2D eigenvalue weighted by Gasteiger charge is 2.41. The van der Waals surface area contributed by atoms with E-state index >= 15 is 0 Å². The fourth-order valence-corrected chi connectivity index (χ4v) is 3.66. The number of carbonyl (C=O) groups is 1. The van der Waals surface area contributed by atoms with Crippen LogP contribution in [0.25, 0.3) is 0 Å². The average Bonchev–Trinajstić information content (AvgIpc) is 3.39. The summed E-state index contributed by atoms with van der Waals surface area (Å²) in [7, 11) is 3.28. The van der Waals surface area contributed by atoms with Gasteiger partial charge in [-0.3, -0.25) is 9.48 Å². The molecule has 4 rings (SSSR count). The summed E-state index contributed by atoms with van der Waals surface area (Å²) in [6.07, 6.45) is 1.68. The van der Waals surface area contributed by atoms with Crippen LogP contribution in [0.15, 0.2) is 41.1 Å². The van der Waals surface area contributed by atoms with Gasteiger partial charge in [0.25, 0.3) is 5.91 Å². The molecule has 0 saturated carbocycles. The minimum absolute atomic E-state index is 0.0554. The molecule has 8 nitrogen and oxygen atoms in total. The molecule has 3 heterocycles. The second-order valence-corrected chi connectivity index (χ2v) is 6.74. The largest absolute Gasteiger partial charge is 0.479 e. The van der Waals surface area contributed by atoms with Crippen LogP contribution < -0.4 is 4.74 Å². The number of likely N-dealkylation sites (tertiary alicyclic amines) is 1. The van der Waals surface area contributed by atoms with Gasteiger partial charge in [-0.25, -0.2) is 0 Å². The minimum Gasteiger partial charge on any atom is -0.479 e. The highest BCUT2D eigenvalue weighted by Crippen LogP contribution is 2.39. The molecule has 140 valence electrons. The number of rotatable bonds is 4. The molecule has 0 spiro atoms. The Morgan fingerprint density at radius 1 is 1.22 bits per heavy atom. The highest BCUT2D eigenvalue weighted by atomic mass is 16.5. The molecule has 0 bridgehead atoms. The molecule has 1 aliphatic rings. The van der Waals surface area contributed by atoms with Crippen LogP contribution in [0.5, 0.6) is 5.88 Å². The maximum atomic E-state index is 13.1. The second-order valence-electron chi connectivity index (χ2n) is 6.74. The van der Waals surface area contributed by atoms with Crippen LogP contribution in [0, 0.1) is 6.92 Å². The number of benzene rings is 1. The summed E-state index contributed by atoms with van der Waals surface area (Å²) >= 11 is 0. The topological polar surface area (TPSA) is 86.3 Å². The summed E-state index contributed by atoms with van der Waals surface area (Å²) in [5, 5.41) is 8.11. The molecule has 2 aromatic heterocycles. The van der Waals surface area contributed by atoms with Gasteiger partial charge in [-0.2, -0.15) is 4.98 Å². The number of nitrogens with zero attached hydrogens (tertiary/aromatic N) is 5. The summed E-state index contributed by atoms with van der Waals surface area (Å²) in [6, 6.07) is 10.1. The number of hydrogen-bond donors (Lipinski definition) is 0. The van der Waals surface area contributed by atoms with Crippen molar-refractivity contribution in [1.29, 1.82) is 0 Å². The van der Waals surface area contributed by atoms with Crippen LogP contribution in [-0.4, -0.2) is 50.9 Å². The number of methoxy groups -OCH3 is 1. The van der Waals surface area contributed by atoms with Crippen molar-refractivity contribution in [3.63, 3.8) is 0 Å². The molecule has 0 N–H and O–H groups in total. The highest BCUT2D eigenvalue weighted by molar-refractivity contribution is 5.96. The maximum absolute atomic E-state index is 13.1. The van der Waals surface area contributed by atoms with E-state index in [1.807, 2.05) is 18.2 Å². The summed E-state index contributed by atoms with van der Waals surface area (Å²) in [4.78, 5) is 19.3. The van der Waals surface area contributed by atoms with Crippen molar-refractivity contribution in [2.45, 2.75) is 18.8 Å². The molecule has 27 heavy (non-hydrogen) atoms. The van der Waals surface area contributed by atoms with Gasteiger partial charge in [-0.05, 0) is 12.5 Å². The van der Waals surface area contributed by atoms with Gasteiger partial charge in [-0.1, -0.05) is 35.5 Å². The lowest BCUT2D eigenvalue weighted by atomic mass is 9.89. The monoisotopic (exact) mass is 367 g/mol. The van der Waals surface area contributed by atoms with Crippen LogP contribution in [0.1, 0.15) is 39.5 Å². The van der Waals surface area contributed by atoms with Crippen LogP contribution in [0.2, 0.25) is 0 Å². The number of aromatic nitrogens is 4. The van der Waals surface area contributed by atoms with Gasteiger partial charge >= 0.3 is 0 Å². The SMILES string of the molecule is COc1nn(C)cc1C(=O)N1C[C@H](c2ccccc2)[C@@H](c2nc(C)no2)C1. The first-order chi connectivity index (χ1) is 13.1. The maximum Gasteiger partial charge on any atom is 0.261 e. The molecule has 2 atom stereocenters. The van der Waals surface area contributed by atoms with Crippen molar-refractivity contribution >= 4 is 5.91 Å². The van der Waals surface area contributed by atoms with Crippen molar-refractivity contribution in [1.82, 2.24) is 24.8 Å². The molecular formula is C19H21N5O3. The van der Waals surface area contributed by atoms with Crippen LogP contribution in [0.4, 0.5) is 0 Å². The Morgan fingerprint density at radius 2 is 1.96 bits per heavy atom. The first-order valence-corrected chi connectivity index (χ1v) is 8.79. The Bertz CT molecular complexity index is 949. The number of hydrogen-bond acceptors (Lipinski definition) is 6. The number of amides is 1. The van der Waals surface area contributed by atoms with Crippen molar-refractivity contribution in [2.24, 2.45) is 7.05 Å². The van der Waals surface area contributed by atoms with Crippen LogP contribution in [0.3, 0.4) is 0 Å². The predicted octanol–water partition coefficient (Wildman–Crippen LogP) is 2.14. The lowest BCUT2D eigenvalue weighted by Crippen LogP contribution is -2.29. The van der Waals surface area contributed by atoms with Crippen LogP contribution in [-0.2, 0) is 7.05 Å². The minimum atomic E-state index is -0.111. The van der Waals surface area contributed by atoms with Crippen molar-refractivity contribution < 1.29 is 14.1 Å². The standard InChI is InChI=1S/C19H21N5O3/c1-12-20-17(27-22-12)15-11-24(10-14(15)13-7-5-4-6-8-13)19(25)16-9-23(2)21-18(16)26-3/h4-9,14-15H,10-11H2,1-3H3/t14-,15+/m1/s1. The third kappa shape index (κ3) is 3.18.